The lowest BCUT2D eigenvalue weighted by molar-refractivity contribution is 1.10. The maximum Gasteiger partial charge on any atom is 0.141 e. The van der Waals surface area contributed by atoms with Gasteiger partial charge in [0.05, 0.1) is 5.69 Å². The van der Waals surface area contributed by atoms with E-state index in [1.807, 2.05) is 30.5 Å². The highest BCUT2D eigenvalue weighted by molar-refractivity contribution is 5.58. The first-order chi connectivity index (χ1) is 6.63. The Balaban J connectivity index is 2.94. The number of terminal acetylenes is 1. The molecule has 0 bridgehead atoms. The summed E-state index contributed by atoms with van der Waals surface area (Å²) in [5, 5.41) is 0. The van der Waals surface area contributed by atoms with E-state index < -0.39 is 0 Å². The van der Waals surface area contributed by atoms with E-state index in [-0.39, 0.29) is 0 Å². The summed E-state index contributed by atoms with van der Waals surface area (Å²) >= 11 is 0. The van der Waals surface area contributed by atoms with Gasteiger partial charge in [-0.15, -0.1) is 6.42 Å². The molecule has 0 fully saturated rings. The van der Waals surface area contributed by atoms with Crippen molar-refractivity contribution < 1.29 is 0 Å². The number of anilines is 1. The van der Waals surface area contributed by atoms with Crippen LogP contribution in [0.15, 0.2) is 12.3 Å². The van der Waals surface area contributed by atoms with Crippen molar-refractivity contribution in [1.82, 2.24) is 9.38 Å². The first kappa shape index (κ1) is 8.64. The fraction of sp³-hybridized carbons (Fsp3) is 0.182. The molecule has 0 aliphatic carbocycles. The maximum atomic E-state index is 5.74. The SMILES string of the molecule is C#Cc1nc2c(C)cc(N)cn2c1C. The second kappa shape index (κ2) is 2.78. The average molecular weight is 185 g/mol. The Bertz CT molecular complexity index is 544. The topological polar surface area (TPSA) is 43.3 Å². The van der Waals surface area contributed by atoms with Crippen molar-refractivity contribution in [3.05, 3.63) is 29.2 Å². The summed E-state index contributed by atoms with van der Waals surface area (Å²) in [5.74, 6) is 2.56. The number of nitrogens with two attached hydrogens (primary N) is 1. The number of aromatic nitrogens is 2. The molecule has 0 atom stereocenters. The highest BCUT2D eigenvalue weighted by Crippen LogP contribution is 2.17. The maximum absolute atomic E-state index is 5.74. The number of hydrogen-bond donors (Lipinski definition) is 1. The lowest BCUT2D eigenvalue weighted by Crippen LogP contribution is -1.94. The van der Waals surface area contributed by atoms with Gasteiger partial charge in [-0.25, -0.2) is 4.98 Å². The molecule has 3 heteroatoms. The Morgan fingerprint density at radius 2 is 2.21 bits per heavy atom. The fourth-order valence-electron chi connectivity index (χ4n) is 1.59. The Kier molecular flexibility index (Phi) is 1.71. The van der Waals surface area contributed by atoms with E-state index in [0.717, 1.165) is 22.6 Å². The summed E-state index contributed by atoms with van der Waals surface area (Å²) < 4.78 is 1.93. The summed E-state index contributed by atoms with van der Waals surface area (Å²) in [6.45, 7) is 3.91. The van der Waals surface area contributed by atoms with Crippen LogP contribution >= 0.6 is 0 Å². The van der Waals surface area contributed by atoms with Gasteiger partial charge in [-0.3, -0.25) is 0 Å². The third-order valence-corrected chi connectivity index (χ3v) is 2.30. The van der Waals surface area contributed by atoms with E-state index in [4.69, 9.17) is 12.2 Å². The number of hydrogen-bond acceptors (Lipinski definition) is 2. The van der Waals surface area contributed by atoms with Crippen LogP contribution < -0.4 is 5.73 Å². The molecule has 2 aromatic rings. The minimum atomic E-state index is 0.679. The molecule has 2 heterocycles. The Labute approximate surface area is 82.6 Å². The molecule has 0 aliphatic heterocycles. The lowest BCUT2D eigenvalue weighted by Gasteiger charge is -2.01. The van der Waals surface area contributed by atoms with Crippen LogP contribution in [-0.4, -0.2) is 9.38 Å². The van der Waals surface area contributed by atoms with Gasteiger partial charge in [0.1, 0.15) is 11.3 Å². The molecule has 2 rings (SSSR count). The molecule has 0 saturated heterocycles. The molecule has 3 nitrogen and oxygen atoms in total. The van der Waals surface area contributed by atoms with Crippen LogP contribution in [0.3, 0.4) is 0 Å². The molecule has 2 N–H and O–H groups in total. The van der Waals surface area contributed by atoms with Gasteiger partial charge in [-0.2, -0.15) is 0 Å². The number of aryl methyl sites for hydroxylation is 2. The van der Waals surface area contributed by atoms with Crippen molar-refractivity contribution in [1.29, 1.82) is 0 Å². The van der Waals surface area contributed by atoms with Crippen LogP contribution in [0.25, 0.3) is 5.65 Å². The van der Waals surface area contributed by atoms with Gasteiger partial charge in [0, 0.05) is 11.9 Å². The van der Waals surface area contributed by atoms with Crippen molar-refractivity contribution in [2.24, 2.45) is 0 Å². The van der Waals surface area contributed by atoms with E-state index in [0.29, 0.717) is 5.69 Å². The Hall–Kier alpha value is -1.95. The van der Waals surface area contributed by atoms with Crippen LogP contribution in [0.5, 0.6) is 0 Å². The Morgan fingerprint density at radius 3 is 2.86 bits per heavy atom. The normalized spacial score (nSPS) is 10.4. The molecule has 0 aliphatic rings. The van der Waals surface area contributed by atoms with E-state index in [9.17, 15) is 0 Å². The second-order valence-corrected chi connectivity index (χ2v) is 3.34. The number of fused-ring (bicyclic) bond motifs is 1. The van der Waals surface area contributed by atoms with E-state index in [1.54, 1.807) is 0 Å². The molecular formula is C11H11N3. The van der Waals surface area contributed by atoms with Crippen molar-refractivity contribution in [2.45, 2.75) is 13.8 Å². The van der Waals surface area contributed by atoms with Crippen molar-refractivity contribution in [2.75, 3.05) is 5.73 Å². The van der Waals surface area contributed by atoms with E-state index >= 15 is 0 Å². The van der Waals surface area contributed by atoms with Crippen LogP contribution in [0.2, 0.25) is 0 Å². The van der Waals surface area contributed by atoms with Gasteiger partial charge in [0.15, 0.2) is 0 Å². The molecule has 2 aromatic heterocycles. The van der Waals surface area contributed by atoms with Gasteiger partial charge >= 0.3 is 0 Å². The summed E-state index contributed by atoms with van der Waals surface area (Å²) in [6, 6.07) is 1.89. The predicted molar refractivity (Wildman–Crippen MR) is 57.0 cm³/mol. The monoisotopic (exact) mass is 185 g/mol. The lowest BCUT2D eigenvalue weighted by atomic mass is 10.3. The number of nitrogen functional groups attached to an aromatic ring is 1. The number of rotatable bonds is 0. The van der Waals surface area contributed by atoms with Crippen molar-refractivity contribution >= 4 is 11.3 Å². The third-order valence-electron chi connectivity index (χ3n) is 2.30. The smallest absolute Gasteiger partial charge is 0.141 e. The van der Waals surface area contributed by atoms with Gasteiger partial charge < -0.3 is 10.1 Å². The molecule has 0 spiro atoms. The zero-order valence-electron chi connectivity index (χ0n) is 8.20. The number of nitrogens with zero attached hydrogens (tertiary/aromatic N) is 2. The molecule has 0 radical (unpaired) electrons. The standard InChI is InChI=1S/C11H11N3/c1-4-10-8(3)14-6-9(12)5-7(2)11(14)13-10/h1,5-6H,12H2,2-3H3. The van der Waals surface area contributed by atoms with Crippen molar-refractivity contribution in [3.63, 3.8) is 0 Å². The molecule has 0 amide bonds. The van der Waals surface area contributed by atoms with Gasteiger partial charge in [0.2, 0.25) is 0 Å². The molecule has 14 heavy (non-hydrogen) atoms. The zero-order valence-corrected chi connectivity index (χ0v) is 8.20. The number of imidazole rings is 1. The summed E-state index contributed by atoms with van der Waals surface area (Å²) in [4.78, 5) is 4.34. The largest absolute Gasteiger partial charge is 0.398 e. The predicted octanol–water partition coefficient (Wildman–Crippen LogP) is 1.51. The molecule has 0 aromatic carbocycles. The highest BCUT2D eigenvalue weighted by atomic mass is 15.0. The highest BCUT2D eigenvalue weighted by Gasteiger charge is 2.08. The minimum absolute atomic E-state index is 0.679. The van der Waals surface area contributed by atoms with Crippen LogP contribution in [0.4, 0.5) is 5.69 Å². The van der Waals surface area contributed by atoms with E-state index in [1.165, 1.54) is 0 Å². The van der Waals surface area contributed by atoms with Crippen molar-refractivity contribution in [3.8, 4) is 12.3 Å². The first-order valence-corrected chi connectivity index (χ1v) is 4.35. The summed E-state index contributed by atoms with van der Waals surface area (Å²) in [6.07, 6.45) is 7.18. The van der Waals surface area contributed by atoms with Crippen LogP contribution in [0.1, 0.15) is 17.0 Å². The third kappa shape index (κ3) is 1.05. The van der Waals surface area contributed by atoms with Crippen LogP contribution in [-0.2, 0) is 0 Å². The molecule has 0 saturated carbocycles. The van der Waals surface area contributed by atoms with Crippen LogP contribution in [0, 0.1) is 26.2 Å². The quantitative estimate of drug-likeness (QED) is 0.632. The summed E-state index contributed by atoms with van der Waals surface area (Å²) in [7, 11) is 0. The van der Waals surface area contributed by atoms with Gasteiger partial charge in [0.25, 0.3) is 0 Å². The van der Waals surface area contributed by atoms with Gasteiger partial charge in [-0.05, 0) is 31.4 Å². The Morgan fingerprint density at radius 1 is 1.50 bits per heavy atom. The average Bonchev–Trinajstić information content (AvgIpc) is 2.44. The fourth-order valence-corrected chi connectivity index (χ4v) is 1.59. The molecular weight excluding hydrogens is 174 g/mol. The second-order valence-electron chi connectivity index (χ2n) is 3.34. The minimum Gasteiger partial charge on any atom is -0.398 e. The molecule has 0 unspecified atom stereocenters. The summed E-state index contributed by atoms with van der Waals surface area (Å²) in [5.41, 5.74) is 10.0. The first-order valence-electron chi connectivity index (χ1n) is 4.35. The number of pyridine rings is 1. The van der Waals surface area contributed by atoms with E-state index in [2.05, 4.69) is 10.9 Å². The molecule has 70 valence electrons. The zero-order chi connectivity index (χ0) is 10.3. The van der Waals surface area contributed by atoms with Gasteiger partial charge in [-0.1, -0.05) is 0 Å².